The third-order valence-corrected chi connectivity index (χ3v) is 4.02. The Balaban J connectivity index is 0.00000338. The molecular weight excluding hydrogens is 504 g/mol. The van der Waals surface area contributed by atoms with Crippen LogP contribution in [0.25, 0.3) is 0 Å². The number of aliphatic imine (C=N–C) groups is 1. The summed E-state index contributed by atoms with van der Waals surface area (Å²) in [5, 5.41) is 7.80. The lowest BCUT2D eigenvalue weighted by atomic mass is 10.3. The molecule has 1 aromatic carbocycles. The topological polar surface area (TPSA) is 58.5 Å². The van der Waals surface area contributed by atoms with Crippen molar-refractivity contribution in [2.45, 2.75) is 12.7 Å². The number of rotatable bonds is 6. The second-order valence-electron chi connectivity index (χ2n) is 4.78. The Morgan fingerprint density at radius 3 is 2.73 bits per heavy atom. The quantitative estimate of drug-likeness (QED) is 0.260. The van der Waals surface area contributed by atoms with Gasteiger partial charge in [0.2, 0.25) is 0 Å². The number of ether oxygens (including phenoxy) is 1. The van der Waals surface area contributed by atoms with Crippen LogP contribution in [-0.4, -0.2) is 31.1 Å². The normalized spacial score (nSPS) is 11.7. The van der Waals surface area contributed by atoms with Gasteiger partial charge < -0.3 is 15.4 Å². The minimum atomic E-state index is -4.42. The van der Waals surface area contributed by atoms with E-state index in [9.17, 15) is 13.2 Å². The van der Waals surface area contributed by atoms with Crippen LogP contribution in [0.5, 0.6) is 5.75 Å². The van der Waals surface area contributed by atoms with Crippen LogP contribution in [0, 0.1) is 0 Å². The second-order valence-corrected chi connectivity index (χ2v) is 6.16. The fraction of sp³-hybridized carbons (Fsp3) is 0.333. The number of benzene rings is 1. The summed E-state index contributed by atoms with van der Waals surface area (Å²) < 4.78 is 43.0. The number of alkyl halides is 3. The van der Waals surface area contributed by atoms with E-state index in [0.717, 1.165) is 16.7 Å². The van der Waals surface area contributed by atoms with E-state index in [2.05, 4.69) is 20.6 Å². The van der Waals surface area contributed by atoms with Crippen LogP contribution in [0.4, 0.5) is 13.2 Å². The second kappa shape index (κ2) is 10.8. The van der Waals surface area contributed by atoms with Crippen LogP contribution in [0.1, 0.15) is 10.7 Å². The fourth-order valence-corrected chi connectivity index (χ4v) is 2.72. The highest BCUT2D eigenvalue weighted by molar-refractivity contribution is 14.0. The van der Waals surface area contributed by atoms with E-state index in [1.165, 1.54) is 0 Å². The summed E-state index contributed by atoms with van der Waals surface area (Å²) in [5.74, 6) is 1.10. The van der Waals surface area contributed by atoms with Crippen molar-refractivity contribution in [3.63, 3.8) is 0 Å². The van der Waals surface area contributed by atoms with E-state index in [-0.39, 0.29) is 30.5 Å². The maximum atomic E-state index is 12.5. The van der Waals surface area contributed by atoms with E-state index in [0.29, 0.717) is 34.9 Å². The molecule has 11 heteroatoms. The number of hydrogen-bond acceptors (Lipinski definition) is 4. The fourth-order valence-electron chi connectivity index (χ4n) is 1.80. The number of aromatic nitrogens is 1. The molecule has 0 aliphatic rings. The van der Waals surface area contributed by atoms with Gasteiger partial charge in [0.05, 0.1) is 13.1 Å². The van der Waals surface area contributed by atoms with Gasteiger partial charge in [-0.05, 0) is 18.2 Å². The first-order chi connectivity index (χ1) is 11.9. The largest absolute Gasteiger partial charge is 0.492 e. The van der Waals surface area contributed by atoms with Gasteiger partial charge in [0.15, 0.2) is 11.7 Å². The molecule has 0 saturated heterocycles. The van der Waals surface area contributed by atoms with Crippen LogP contribution >= 0.6 is 46.9 Å². The predicted molar refractivity (Wildman–Crippen MR) is 108 cm³/mol. The number of halogens is 5. The molecule has 0 radical (unpaired) electrons. The summed E-state index contributed by atoms with van der Waals surface area (Å²) in [7, 11) is 1.57. The van der Waals surface area contributed by atoms with E-state index in [4.69, 9.17) is 16.3 Å². The first-order valence-electron chi connectivity index (χ1n) is 7.23. The number of hydrogen-bond donors (Lipinski definition) is 2. The van der Waals surface area contributed by atoms with Crippen molar-refractivity contribution in [2.75, 3.05) is 20.2 Å². The molecule has 1 aromatic heterocycles. The molecule has 0 fully saturated rings. The lowest BCUT2D eigenvalue weighted by molar-refractivity contribution is -0.140. The zero-order chi connectivity index (χ0) is 18.3. The average molecular weight is 521 g/mol. The Labute approximate surface area is 175 Å². The Bertz CT molecular complexity index is 727. The molecule has 0 unspecified atom stereocenters. The summed E-state index contributed by atoms with van der Waals surface area (Å²) in [5.41, 5.74) is -0.882. The summed E-state index contributed by atoms with van der Waals surface area (Å²) in [4.78, 5) is 7.53. The monoisotopic (exact) mass is 520 g/mol. The van der Waals surface area contributed by atoms with E-state index in [1.54, 1.807) is 31.3 Å². The zero-order valence-corrected chi connectivity index (χ0v) is 17.5. The lowest BCUT2D eigenvalue weighted by Crippen LogP contribution is -2.38. The van der Waals surface area contributed by atoms with Gasteiger partial charge >= 0.3 is 6.18 Å². The molecule has 0 atom stereocenters. The van der Waals surface area contributed by atoms with Crippen LogP contribution in [0.3, 0.4) is 0 Å². The van der Waals surface area contributed by atoms with Crippen LogP contribution in [0.15, 0.2) is 34.6 Å². The Kier molecular flexibility index (Phi) is 9.44. The van der Waals surface area contributed by atoms with Crippen LogP contribution < -0.4 is 15.4 Å². The van der Waals surface area contributed by atoms with Crippen LogP contribution in [-0.2, 0) is 12.7 Å². The summed E-state index contributed by atoms with van der Waals surface area (Å²) >= 11 is 6.80. The van der Waals surface area contributed by atoms with Gasteiger partial charge in [-0.2, -0.15) is 13.2 Å². The summed E-state index contributed by atoms with van der Waals surface area (Å²) in [6.45, 7) is 0.976. The number of guanidine groups is 1. The van der Waals surface area contributed by atoms with Crippen molar-refractivity contribution in [3.05, 3.63) is 45.4 Å². The highest BCUT2D eigenvalue weighted by atomic mass is 127. The molecule has 144 valence electrons. The van der Waals surface area contributed by atoms with Gasteiger partial charge in [-0.25, -0.2) is 4.98 Å². The van der Waals surface area contributed by atoms with E-state index in [1.807, 2.05) is 0 Å². The predicted octanol–water partition coefficient (Wildman–Crippen LogP) is 4.18. The molecule has 1 heterocycles. The lowest BCUT2D eigenvalue weighted by Gasteiger charge is -2.11. The number of nitrogens with one attached hydrogen (secondary N) is 2. The van der Waals surface area contributed by atoms with Crippen molar-refractivity contribution >= 4 is 52.9 Å². The Morgan fingerprint density at radius 2 is 2.12 bits per heavy atom. The van der Waals surface area contributed by atoms with Gasteiger partial charge in [-0.1, -0.05) is 17.7 Å². The Morgan fingerprint density at radius 1 is 1.35 bits per heavy atom. The van der Waals surface area contributed by atoms with E-state index >= 15 is 0 Å². The van der Waals surface area contributed by atoms with Crippen molar-refractivity contribution < 1.29 is 17.9 Å². The molecule has 0 saturated carbocycles. The van der Waals surface area contributed by atoms with Crippen LogP contribution in [0.2, 0.25) is 5.02 Å². The standard InChI is InChI=1S/C15H16ClF3N4OS.HI/c1-20-14(21-5-6-24-11-4-2-3-10(16)7-11)22-8-13-23-12(9-25-13)15(17,18)19;/h2-4,7,9H,5-6,8H2,1H3,(H2,20,21,22);1H. The maximum Gasteiger partial charge on any atom is 0.434 e. The molecule has 0 spiro atoms. The van der Waals surface area contributed by atoms with Gasteiger partial charge in [0, 0.05) is 17.5 Å². The molecule has 2 N–H and O–H groups in total. The highest BCUT2D eigenvalue weighted by Gasteiger charge is 2.33. The van der Waals surface area contributed by atoms with Gasteiger partial charge in [0.25, 0.3) is 0 Å². The molecule has 2 rings (SSSR count). The molecule has 0 bridgehead atoms. The molecule has 5 nitrogen and oxygen atoms in total. The van der Waals surface area contributed by atoms with Crippen molar-refractivity contribution in [1.82, 2.24) is 15.6 Å². The summed E-state index contributed by atoms with van der Waals surface area (Å²) in [6.07, 6.45) is -4.42. The molecule has 2 aromatic rings. The maximum absolute atomic E-state index is 12.5. The number of thiazole rings is 1. The van der Waals surface area contributed by atoms with Crippen molar-refractivity contribution in [1.29, 1.82) is 0 Å². The van der Waals surface area contributed by atoms with Gasteiger partial charge in [-0.3, -0.25) is 4.99 Å². The Hall–Kier alpha value is -1.27. The third kappa shape index (κ3) is 7.54. The smallest absolute Gasteiger partial charge is 0.434 e. The van der Waals surface area contributed by atoms with E-state index < -0.39 is 11.9 Å². The SMILES string of the molecule is CN=C(NCCOc1cccc(Cl)c1)NCc1nc(C(F)(F)F)cs1.I. The minimum absolute atomic E-state index is 0. The molecular formula is C15H17ClF3IN4OS. The molecule has 0 amide bonds. The molecule has 0 aliphatic carbocycles. The van der Waals surface area contributed by atoms with Crippen molar-refractivity contribution in [3.8, 4) is 5.75 Å². The minimum Gasteiger partial charge on any atom is -0.492 e. The number of nitrogens with zero attached hydrogens (tertiary/aromatic N) is 2. The first kappa shape index (κ1) is 22.8. The average Bonchev–Trinajstić information content (AvgIpc) is 3.03. The first-order valence-corrected chi connectivity index (χ1v) is 8.48. The zero-order valence-electron chi connectivity index (χ0n) is 13.6. The highest BCUT2D eigenvalue weighted by Crippen LogP contribution is 2.29. The molecule has 26 heavy (non-hydrogen) atoms. The van der Waals surface area contributed by atoms with Gasteiger partial charge in [-0.15, -0.1) is 35.3 Å². The molecule has 0 aliphatic heterocycles. The third-order valence-electron chi connectivity index (χ3n) is 2.93. The van der Waals surface area contributed by atoms with Gasteiger partial charge in [0.1, 0.15) is 17.4 Å². The van der Waals surface area contributed by atoms with Crippen molar-refractivity contribution in [2.24, 2.45) is 4.99 Å². The summed E-state index contributed by atoms with van der Waals surface area (Å²) in [6, 6.07) is 7.03.